The molecule has 3 heterocycles. The van der Waals surface area contributed by atoms with E-state index in [-0.39, 0.29) is 12.4 Å². The Kier molecular flexibility index (Phi) is 4.30. The second-order valence-electron chi connectivity index (χ2n) is 5.59. The molecule has 0 bridgehead atoms. The number of nitrogens with zero attached hydrogens (tertiary/aromatic N) is 3. The Morgan fingerprint density at radius 2 is 2.00 bits per heavy atom. The van der Waals surface area contributed by atoms with Crippen molar-refractivity contribution in [2.75, 3.05) is 20.1 Å². The smallest absolute Gasteiger partial charge is 0.112 e. The van der Waals surface area contributed by atoms with Crippen LogP contribution in [0.25, 0.3) is 0 Å². The molecule has 1 atom stereocenters. The fourth-order valence-electron chi connectivity index (χ4n) is 3.09. The van der Waals surface area contributed by atoms with Gasteiger partial charge in [0.05, 0.1) is 0 Å². The second kappa shape index (κ2) is 5.59. The molecule has 1 fully saturated rings. The number of aryl methyl sites for hydroxylation is 1. The first-order valence-electron chi connectivity index (χ1n) is 6.72. The van der Waals surface area contributed by atoms with Crippen molar-refractivity contribution in [3.8, 4) is 0 Å². The summed E-state index contributed by atoms with van der Waals surface area (Å²) < 4.78 is 2.39. The van der Waals surface area contributed by atoms with Gasteiger partial charge in [-0.25, -0.2) is 4.98 Å². The number of nitrogens with two attached hydrogens (primary N) is 1. The van der Waals surface area contributed by atoms with Crippen LogP contribution in [0.2, 0.25) is 0 Å². The Labute approximate surface area is 115 Å². The Hall–Kier alpha value is -0.580. The zero-order valence-corrected chi connectivity index (χ0v) is 11.8. The molecule has 2 aliphatic heterocycles. The third-order valence-corrected chi connectivity index (χ3v) is 4.24. The van der Waals surface area contributed by atoms with Crippen molar-refractivity contribution in [1.29, 1.82) is 0 Å². The number of fused-ring (bicyclic) bond motifs is 1. The standard InChI is InChI=1S/C13H22N4.ClH/c1-16-6-4-10(5-7-16)13-15-8-12-3-2-11(14)9-17(12)13;/h8,10-11H,2-7,9,14H2,1H3;1H. The molecule has 2 N–H and O–H groups in total. The molecule has 1 saturated heterocycles. The van der Waals surface area contributed by atoms with Crippen LogP contribution in [0.4, 0.5) is 0 Å². The maximum absolute atomic E-state index is 6.07. The molecule has 0 spiro atoms. The lowest BCUT2D eigenvalue weighted by Gasteiger charge is -2.30. The maximum Gasteiger partial charge on any atom is 0.112 e. The van der Waals surface area contributed by atoms with Gasteiger partial charge in [-0.05, 0) is 45.8 Å². The van der Waals surface area contributed by atoms with Gasteiger partial charge >= 0.3 is 0 Å². The highest BCUT2D eigenvalue weighted by molar-refractivity contribution is 5.85. The Balaban J connectivity index is 0.00000120. The van der Waals surface area contributed by atoms with E-state index in [1.807, 2.05) is 0 Å². The predicted octanol–water partition coefficient (Wildman–Crippen LogP) is 1.39. The highest BCUT2D eigenvalue weighted by atomic mass is 35.5. The monoisotopic (exact) mass is 270 g/mol. The minimum Gasteiger partial charge on any atom is -0.330 e. The summed E-state index contributed by atoms with van der Waals surface area (Å²) in [6.45, 7) is 3.36. The van der Waals surface area contributed by atoms with E-state index >= 15 is 0 Å². The highest BCUT2D eigenvalue weighted by Gasteiger charge is 2.26. The van der Waals surface area contributed by atoms with Crippen LogP contribution in [0, 0.1) is 0 Å². The first-order chi connectivity index (χ1) is 8.24. The molecule has 0 saturated carbocycles. The van der Waals surface area contributed by atoms with Crippen LogP contribution in [0.3, 0.4) is 0 Å². The van der Waals surface area contributed by atoms with Crippen LogP contribution in [-0.4, -0.2) is 40.6 Å². The van der Waals surface area contributed by atoms with Gasteiger partial charge in [-0.3, -0.25) is 0 Å². The summed E-state index contributed by atoms with van der Waals surface area (Å²) in [5, 5.41) is 0. The maximum atomic E-state index is 6.07. The average Bonchev–Trinajstić information content (AvgIpc) is 2.73. The summed E-state index contributed by atoms with van der Waals surface area (Å²) in [5.41, 5.74) is 7.46. The minimum absolute atomic E-state index is 0. The lowest BCUT2D eigenvalue weighted by atomic mass is 9.95. The summed E-state index contributed by atoms with van der Waals surface area (Å²) >= 11 is 0. The lowest BCUT2D eigenvalue weighted by molar-refractivity contribution is 0.247. The van der Waals surface area contributed by atoms with Crippen molar-refractivity contribution in [3.05, 3.63) is 17.7 Å². The van der Waals surface area contributed by atoms with Crippen molar-refractivity contribution in [1.82, 2.24) is 14.5 Å². The fourth-order valence-corrected chi connectivity index (χ4v) is 3.09. The predicted molar refractivity (Wildman–Crippen MR) is 75.2 cm³/mol. The first-order valence-corrected chi connectivity index (χ1v) is 6.72. The van der Waals surface area contributed by atoms with E-state index in [2.05, 4.69) is 27.7 Å². The number of halogens is 1. The van der Waals surface area contributed by atoms with Crippen LogP contribution in [0.1, 0.15) is 36.7 Å². The van der Waals surface area contributed by atoms with E-state index in [1.54, 1.807) is 0 Å². The summed E-state index contributed by atoms with van der Waals surface area (Å²) in [4.78, 5) is 7.07. The average molecular weight is 271 g/mol. The van der Waals surface area contributed by atoms with Crippen molar-refractivity contribution in [3.63, 3.8) is 0 Å². The molecule has 102 valence electrons. The zero-order chi connectivity index (χ0) is 11.8. The van der Waals surface area contributed by atoms with E-state index < -0.39 is 0 Å². The molecular formula is C13H23ClN4. The molecule has 5 heteroatoms. The quantitative estimate of drug-likeness (QED) is 0.839. The van der Waals surface area contributed by atoms with Crippen molar-refractivity contribution >= 4 is 12.4 Å². The summed E-state index contributed by atoms with van der Waals surface area (Å²) in [6.07, 6.45) is 6.75. The van der Waals surface area contributed by atoms with E-state index in [9.17, 15) is 0 Å². The highest BCUT2D eigenvalue weighted by Crippen LogP contribution is 2.29. The van der Waals surface area contributed by atoms with E-state index in [4.69, 9.17) is 5.73 Å². The molecule has 0 radical (unpaired) electrons. The zero-order valence-electron chi connectivity index (χ0n) is 11.0. The molecule has 1 aromatic rings. The molecule has 1 unspecified atom stereocenters. The lowest BCUT2D eigenvalue weighted by Crippen LogP contribution is -2.35. The van der Waals surface area contributed by atoms with Gasteiger partial charge in [0.15, 0.2) is 0 Å². The van der Waals surface area contributed by atoms with Gasteiger partial charge in [0.25, 0.3) is 0 Å². The number of hydrogen-bond acceptors (Lipinski definition) is 3. The van der Waals surface area contributed by atoms with Gasteiger partial charge in [0.1, 0.15) is 5.82 Å². The minimum atomic E-state index is 0. The summed E-state index contributed by atoms with van der Waals surface area (Å²) in [5.74, 6) is 1.94. The van der Waals surface area contributed by atoms with Gasteiger partial charge in [0.2, 0.25) is 0 Å². The Bertz CT molecular complexity index is 396. The number of rotatable bonds is 1. The van der Waals surface area contributed by atoms with E-state index in [0.29, 0.717) is 12.0 Å². The Morgan fingerprint density at radius 3 is 2.72 bits per heavy atom. The number of aromatic nitrogens is 2. The molecule has 2 aliphatic rings. The van der Waals surface area contributed by atoms with Crippen LogP contribution >= 0.6 is 12.4 Å². The molecule has 0 aliphatic carbocycles. The SMILES string of the molecule is CN1CCC(c2ncc3n2CC(N)CC3)CC1.Cl. The topological polar surface area (TPSA) is 47.1 Å². The van der Waals surface area contributed by atoms with Gasteiger partial charge in [-0.2, -0.15) is 0 Å². The third-order valence-electron chi connectivity index (χ3n) is 4.24. The number of imidazole rings is 1. The van der Waals surface area contributed by atoms with Gasteiger partial charge < -0.3 is 15.2 Å². The summed E-state index contributed by atoms with van der Waals surface area (Å²) in [7, 11) is 2.20. The Morgan fingerprint density at radius 1 is 1.28 bits per heavy atom. The largest absolute Gasteiger partial charge is 0.330 e. The van der Waals surface area contributed by atoms with E-state index in [1.165, 1.54) is 37.4 Å². The number of likely N-dealkylation sites (tertiary alicyclic amines) is 1. The fraction of sp³-hybridized carbons (Fsp3) is 0.769. The number of piperidine rings is 1. The van der Waals surface area contributed by atoms with Crippen molar-refractivity contribution < 1.29 is 0 Å². The molecule has 18 heavy (non-hydrogen) atoms. The van der Waals surface area contributed by atoms with Crippen LogP contribution < -0.4 is 5.73 Å². The third kappa shape index (κ3) is 2.56. The number of hydrogen-bond donors (Lipinski definition) is 1. The normalized spacial score (nSPS) is 25.6. The van der Waals surface area contributed by atoms with Crippen LogP contribution in [0.5, 0.6) is 0 Å². The summed E-state index contributed by atoms with van der Waals surface area (Å²) in [6, 6.07) is 0.321. The van der Waals surface area contributed by atoms with Gasteiger partial charge in [-0.1, -0.05) is 0 Å². The molecule has 0 aromatic carbocycles. The molecule has 4 nitrogen and oxygen atoms in total. The van der Waals surface area contributed by atoms with Gasteiger partial charge in [0, 0.05) is 30.4 Å². The molecule has 1 aromatic heterocycles. The second-order valence-corrected chi connectivity index (χ2v) is 5.59. The molecular weight excluding hydrogens is 248 g/mol. The van der Waals surface area contributed by atoms with Crippen LogP contribution in [0.15, 0.2) is 6.20 Å². The van der Waals surface area contributed by atoms with Crippen molar-refractivity contribution in [2.24, 2.45) is 5.73 Å². The van der Waals surface area contributed by atoms with Crippen LogP contribution in [-0.2, 0) is 13.0 Å². The van der Waals surface area contributed by atoms with Crippen molar-refractivity contribution in [2.45, 2.75) is 44.2 Å². The molecule has 0 amide bonds. The molecule has 3 rings (SSSR count). The van der Waals surface area contributed by atoms with E-state index in [0.717, 1.165) is 19.4 Å². The first kappa shape index (κ1) is 13.8. The van der Waals surface area contributed by atoms with Gasteiger partial charge in [-0.15, -0.1) is 12.4 Å².